The van der Waals surface area contributed by atoms with E-state index in [-0.39, 0.29) is 19.0 Å². The van der Waals surface area contributed by atoms with Crippen LogP contribution >= 0.6 is 11.8 Å². The van der Waals surface area contributed by atoms with Crippen LogP contribution in [-0.2, 0) is 17.9 Å². The predicted octanol–water partition coefficient (Wildman–Crippen LogP) is 4.20. The van der Waals surface area contributed by atoms with Gasteiger partial charge in [0.2, 0.25) is 0 Å². The molecule has 32 heavy (non-hydrogen) atoms. The molecule has 0 radical (unpaired) electrons. The van der Waals surface area contributed by atoms with E-state index >= 15 is 0 Å². The Hall–Kier alpha value is -3.07. The highest BCUT2D eigenvalue weighted by Gasteiger charge is 2.16. The molecule has 0 bridgehead atoms. The molecule has 4 aromatic rings. The minimum absolute atomic E-state index is 0.103. The predicted molar refractivity (Wildman–Crippen MR) is 122 cm³/mol. The van der Waals surface area contributed by atoms with Crippen LogP contribution in [-0.4, -0.2) is 43.3 Å². The van der Waals surface area contributed by atoms with Crippen LogP contribution in [0.2, 0.25) is 0 Å². The maximum Gasteiger partial charge on any atom is 0.191 e. The lowest BCUT2D eigenvalue weighted by Gasteiger charge is -2.13. The lowest BCUT2D eigenvalue weighted by molar-refractivity contribution is 0.0386. The number of nitrogens with zero attached hydrogens (tertiary/aromatic N) is 4. The molecule has 0 saturated heterocycles. The first-order valence-corrected chi connectivity index (χ1v) is 11.2. The summed E-state index contributed by atoms with van der Waals surface area (Å²) in [5.41, 5.74) is 2.51. The Labute approximate surface area is 190 Å². The molecule has 2 aromatic heterocycles. The van der Waals surface area contributed by atoms with Crippen molar-refractivity contribution in [2.45, 2.75) is 24.4 Å². The first kappa shape index (κ1) is 22.1. The summed E-state index contributed by atoms with van der Waals surface area (Å²) in [6.07, 6.45) is 2.72. The fourth-order valence-corrected chi connectivity index (χ4v) is 4.00. The van der Waals surface area contributed by atoms with Gasteiger partial charge in [-0.15, -0.1) is 10.2 Å². The van der Waals surface area contributed by atoms with Crippen molar-refractivity contribution in [2.24, 2.45) is 0 Å². The van der Waals surface area contributed by atoms with Crippen molar-refractivity contribution < 1.29 is 14.2 Å². The molecule has 0 aliphatic rings. The largest absolute Gasteiger partial charge is 0.390 e. The molecule has 1 atom stereocenters. The Morgan fingerprint density at radius 3 is 2.50 bits per heavy atom. The van der Waals surface area contributed by atoms with Gasteiger partial charge in [-0.1, -0.05) is 60.3 Å². The first-order valence-electron chi connectivity index (χ1n) is 10.2. The third-order valence-corrected chi connectivity index (χ3v) is 5.88. The van der Waals surface area contributed by atoms with Crippen molar-refractivity contribution in [2.75, 3.05) is 12.4 Å². The van der Waals surface area contributed by atoms with Gasteiger partial charge in [0, 0.05) is 29.3 Å². The number of ether oxygens (including phenoxy) is 1. The van der Waals surface area contributed by atoms with Crippen LogP contribution in [0.1, 0.15) is 11.1 Å². The summed E-state index contributed by atoms with van der Waals surface area (Å²) in [6.45, 7) is 0.823. The van der Waals surface area contributed by atoms with E-state index in [2.05, 4.69) is 27.3 Å². The average Bonchev–Trinajstić information content (AvgIpc) is 3.22. The molecule has 4 rings (SSSR count). The standard InChI is InChI=1S/C24H23FN4O2S/c25-22-9-5-4-8-20(22)15-31-16-21(30)17-32-24-28-27-23(19-10-12-26-13-11-19)29(24)14-18-6-2-1-3-7-18/h1-13,21,30H,14-17H2/t21-/m0/s1. The van der Waals surface area contributed by atoms with Crippen LogP contribution in [0, 0.1) is 5.82 Å². The van der Waals surface area contributed by atoms with Crippen LogP contribution < -0.4 is 0 Å². The molecule has 2 aromatic carbocycles. The van der Waals surface area contributed by atoms with E-state index < -0.39 is 6.10 Å². The van der Waals surface area contributed by atoms with E-state index in [0.29, 0.717) is 23.0 Å². The zero-order valence-corrected chi connectivity index (χ0v) is 18.2. The Morgan fingerprint density at radius 1 is 0.969 bits per heavy atom. The number of halogens is 1. The zero-order chi connectivity index (χ0) is 22.2. The number of hydrogen-bond donors (Lipinski definition) is 1. The Kier molecular flexibility index (Phi) is 7.60. The maximum absolute atomic E-state index is 13.7. The third-order valence-electron chi connectivity index (χ3n) is 4.77. The van der Waals surface area contributed by atoms with Crippen molar-refractivity contribution in [3.05, 3.63) is 96.1 Å². The third kappa shape index (κ3) is 5.79. The molecule has 0 spiro atoms. The summed E-state index contributed by atoms with van der Waals surface area (Å²) in [5.74, 6) is 0.804. The van der Waals surface area contributed by atoms with Gasteiger partial charge < -0.3 is 9.84 Å². The smallest absolute Gasteiger partial charge is 0.191 e. The SMILES string of the molecule is O[C@@H](COCc1ccccc1F)CSc1nnc(-c2ccncc2)n1Cc1ccccc1. The summed E-state index contributed by atoms with van der Waals surface area (Å²) in [7, 11) is 0. The van der Waals surface area contributed by atoms with Crippen LogP contribution in [0.3, 0.4) is 0 Å². The number of rotatable bonds is 10. The molecule has 0 fully saturated rings. The highest BCUT2D eigenvalue weighted by atomic mass is 32.2. The Morgan fingerprint density at radius 2 is 1.72 bits per heavy atom. The van der Waals surface area contributed by atoms with E-state index in [4.69, 9.17) is 4.74 Å². The molecule has 0 amide bonds. The van der Waals surface area contributed by atoms with Gasteiger partial charge in [0.15, 0.2) is 11.0 Å². The Balaban J connectivity index is 1.41. The number of aliphatic hydroxyl groups excluding tert-OH is 1. The van der Waals surface area contributed by atoms with E-state index in [0.717, 1.165) is 17.0 Å². The lowest BCUT2D eigenvalue weighted by Crippen LogP contribution is -2.18. The number of hydrogen-bond acceptors (Lipinski definition) is 6. The maximum atomic E-state index is 13.7. The topological polar surface area (TPSA) is 73.1 Å². The molecular weight excluding hydrogens is 427 g/mol. The van der Waals surface area contributed by atoms with Crippen molar-refractivity contribution in [1.82, 2.24) is 19.7 Å². The van der Waals surface area contributed by atoms with Crippen LogP contribution in [0.5, 0.6) is 0 Å². The van der Waals surface area contributed by atoms with Gasteiger partial charge in [0.25, 0.3) is 0 Å². The molecule has 0 unspecified atom stereocenters. The number of aromatic nitrogens is 4. The van der Waals surface area contributed by atoms with Gasteiger partial charge in [-0.3, -0.25) is 9.55 Å². The quantitative estimate of drug-likeness (QED) is 0.365. The van der Waals surface area contributed by atoms with Gasteiger partial charge in [-0.2, -0.15) is 0 Å². The van der Waals surface area contributed by atoms with E-state index in [9.17, 15) is 9.50 Å². The fourth-order valence-electron chi connectivity index (χ4n) is 3.16. The van der Waals surface area contributed by atoms with Crippen LogP contribution in [0.15, 0.2) is 84.3 Å². The van der Waals surface area contributed by atoms with E-state index in [1.54, 1.807) is 30.6 Å². The monoisotopic (exact) mass is 450 g/mol. The van der Waals surface area contributed by atoms with Gasteiger partial charge >= 0.3 is 0 Å². The number of aliphatic hydroxyl groups is 1. The molecule has 6 nitrogen and oxygen atoms in total. The normalized spacial score (nSPS) is 12.1. The summed E-state index contributed by atoms with van der Waals surface area (Å²) < 4.78 is 21.2. The van der Waals surface area contributed by atoms with Crippen molar-refractivity contribution >= 4 is 11.8 Å². The Bertz CT molecular complexity index is 1130. The summed E-state index contributed by atoms with van der Waals surface area (Å²) in [4.78, 5) is 4.07. The highest BCUT2D eigenvalue weighted by molar-refractivity contribution is 7.99. The summed E-state index contributed by atoms with van der Waals surface area (Å²) >= 11 is 1.41. The molecule has 2 heterocycles. The summed E-state index contributed by atoms with van der Waals surface area (Å²) in [5, 5.41) is 19.8. The molecule has 8 heteroatoms. The minimum atomic E-state index is -0.724. The van der Waals surface area contributed by atoms with Gasteiger partial charge in [0.1, 0.15) is 5.82 Å². The number of thioether (sulfide) groups is 1. The van der Waals surface area contributed by atoms with Crippen molar-refractivity contribution in [1.29, 1.82) is 0 Å². The van der Waals surface area contributed by atoms with Crippen LogP contribution in [0.4, 0.5) is 4.39 Å². The number of pyridine rings is 1. The lowest BCUT2D eigenvalue weighted by atomic mass is 10.2. The summed E-state index contributed by atoms with van der Waals surface area (Å²) in [6, 6.07) is 20.3. The average molecular weight is 451 g/mol. The fraction of sp³-hybridized carbons (Fsp3) is 0.208. The van der Waals surface area contributed by atoms with Gasteiger partial charge in [0.05, 0.1) is 25.9 Å². The van der Waals surface area contributed by atoms with E-state index in [1.807, 2.05) is 34.9 Å². The van der Waals surface area contributed by atoms with Gasteiger partial charge in [-0.05, 0) is 23.8 Å². The second-order valence-electron chi connectivity index (χ2n) is 7.19. The zero-order valence-electron chi connectivity index (χ0n) is 17.3. The number of benzene rings is 2. The second-order valence-corrected chi connectivity index (χ2v) is 8.17. The second kappa shape index (κ2) is 11.0. The minimum Gasteiger partial charge on any atom is -0.390 e. The highest BCUT2D eigenvalue weighted by Crippen LogP contribution is 2.25. The molecule has 0 saturated carbocycles. The van der Waals surface area contributed by atoms with Crippen molar-refractivity contribution in [3.63, 3.8) is 0 Å². The molecule has 0 aliphatic carbocycles. The molecule has 1 N–H and O–H groups in total. The molecular formula is C24H23FN4O2S. The molecule has 0 aliphatic heterocycles. The molecule has 164 valence electrons. The van der Waals surface area contributed by atoms with E-state index in [1.165, 1.54) is 17.8 Å². The first-order chi connectivity index (χ1) is 15.7. The van der Waals surface area contributed by atoms with Gasteiger partial charge in [-0.25, -0.2) is 4.39 Å². The van der Waals surface area contributed by atoms with Crippen LogP contribution in [0.25, 0.3) is 11.4 Å². The van der Waals surface area contributed by atoms with Crippen molar-refractivity contribution in [3.8, 4) is 11.4 Å².